The molecule has 12 heteroatoms. The fraction of sp³-hybridized carbons (Fsp3) is 0.409. The number of nitrogens with zero attached hydrogens (tertiary/aromatic N) is 2. The average Bonchev–Trinajstić information content (AvgIpc) is 2.85. The second-order valence-corrected chi connectivity index (χ2v) is 7.22. The van der Waals surface area contributed by atoms with Crippen LogP contribution in [0.15, 0.2) is 36.7 Å². The van der Waals surface area contributed by atoms with Crippen molar-refractivity contribution in [3.05, 3.63) is 47.8 Å². The van der Waals surface area contributed by atoms with Gasteiger partial charge in [-0.3, -0.25) is 9.78 Å². The number of amides is 1. The molecule has 1 aromatic heterocycles. The number of hydrogen-bond donors (Lipinski definition) is 0. The van der Waals surface area contributed by atoms with Crippen molar-refractivity contribution in [2.24, 2.45) is 0 Å². The third kappa shape index (κ3) is 6.73. The SMILES string of the molecule is COC(=O)c1cncc(OCC2CN(C(=O)c3cc(OC)ccc3OCC(F)(F)F)CCO2)c1. The van der Waals surface area contributed by atoms with Crippen molar-refractivity contribution >= 4 is 11.9 Å². The van der Waals surface area contributed by atoms with Gasteiger partial charge in [-0.1, -0.05) is 0 Å². The van der Waals surface area contributed by atoms with Crippen LogP contribution in [-0.4, -0.2) is 81.2 Å². The Kier molecular flexibility index (Phi) is 8.16. The van der Waals surface area contributed by atoms with E-state index in [4.69, 9.17) is 18.9 Å². The molecule has 1 fully saturated rings. The number of carbonyl (C=O) groups excluding carboxylic acids is 2. The summed E-state index contributed by atoms with van der Waals surface area (Å²) in [5.41, 5.74) is 0.158. The van der Waals surface area contributed by atoms with Gasteiger partial charge in [-0.05, 0) is 24.3 Å². The average molecular weight is 484 g/mol. The van der Waals surface area contributed by atoms with Crippen molar-refractivity contribution in [1.82, 2.24) is 9.88 Å². The first-order valence-electron chi connectivity index (χ1n) is 10.1. The van der Waals surface area contributed by atoms with Crippen molar-refractivity contribution in [2.75, 3.05) is 47.1 Å². The number of pyridine rings is 1. The van der Waals surface area contributed by atoms with E-state index in [1.165, 1.54) is 55.8 Å². The van der Waals surface area contributed by atoms with Gasteiger partial charge in [0, 0.05) is 12.7 Å². The van der Waals surface area contributed by atoms with Gasteiger partial charge in [-0.25, -0.2) is 4.79 Å². The summed E-state index contributed by atoms with van der Waals surface area (Å²) in [6.07, 6.45) is -2.33. The van der Waals surface area contributed by atoms with Crippen LogP contribution in [0.2, 0.25) is 0 Å². The van der Waals surface area contributed by atoms with E-state index in [0.29, 0.717) is 11.5 Å². The van der Waals surface area contributed by atoms with Crippen LogP contribution < -0.4 is 14.2 Å². The van der Waals surface area contributed by atoms with Crippen molar-refractivity contribution in [1.29, 1.82) is 0 Å². The first kappa shape index (κ1) is 25.1. The monoisotopic (exact) mass is 484 g/mol. The third-order valence-corrected chi connectivity index (χ3v) is 4.80. The van der Waals surface area contributed by atoms with Crippen molar-refractivity contribution in [2.45, 2.75) is 12.3 Å². The Labute approximate surface area is 193 Å². The minimum atomic E-state index is -4.55. The summed E-state index contributed by atoms with van der Waals surface area (Å²) in [4.78, 5) is 30.1. The highest BCUT2D eigenvalue weighted by Gasteiger charge is 2.31. The molecule has 34 heavy (non-hydrogen) atoms. The van der Waals surface area contributed by atoms with Gasteiger partial charge in [-0.15, -0.1) is 0 Å². The van der Waals surface area contributed by atoms with Gasteiger partial charge in [0.25, 0.3) is 5.91 Å². The molecule has 0 aliphatic carbocycles. The predicted molar refractivity (Wildman–Crippen MR) is 111 cm³/mol. The lowest BCUT2D eigenvalue weighted by atomic mass is 10.1. The maximum absolute atomic E-state index is 13.1. The first-order valence-corrected chi connectivity index (χ1v) is 10.1. The standard InChI is InChI=1S/C22H23F3N2O7/c1-30-15-3-4-19(34-13-22(23,24)25)18(8-15)20(28)27-5-6-32-17(11-27)12-33-16-7-14(9-26-10-16)21(29)31-2/h3-4,7-10,17H,5-6,11-13H2,1-2H3. The van der Waals surface area contributed by atoms with Crippen LogP contribution in [-0.2, 0) is 9.47 Å². The second-order valence-electron chi connectivity index (χ2n) is 7.22. The van der Waals surface area contributed by atoms with E-state index in [1.54, 1.807) is 0 Å². The molecule has 1 atom stereocenters. The quantitative estimate of drug-likeness (QED) is 0.528. The van der Waals surface area contributed by atoms with Crippen molar-refractivity contribution < 1.29 is 46.4 Å². The van der Waals surface area contributed by atoms with E-state index in [2.05, 4.69) is 9.72 Å². The van der Waals surface area contributed by atoms with E-state index >= 15 is 0 Å². The number of halogens is 3. The normalized spacial score (nSPS) is 16.0. The molecule has 1 aliphatic rings. The van der Waals surface area contributed by atoms with Gasteiger partial charge < -0.3 is 28.6 Å². The Bertz CT molecular complexity index is 1020. The summed E-state index contributed by atoms with van der Waals surface area (Å²) in [7, 11) is 2.63. The van der Waals surface area contributed by atoms with Crippen LogP contribution >= 0.6 is 0 Å². The van der Waals surface area contributed by atoms with Crippen molar-refractivity contribution in [3.8, 4) is 17.2 Å². The molecule has 1 saturated heterocycles. The maximum Gasteiger partial charge on any atom is 0.422 e. The van der Waals surface area contributed by atoms with E-state index < -0.39 is 30.8 Å². The maximum atomic E-state index is 13.1. The zero-order valence-electron chi connectivity index (χ0n) is 18.5. The van der Waals surface area contributed by atoms with Crippen LogP contribution in [0.5, 0.6) is 17.2 Å². The largest absolute Gasteiger partial charge is 0.497 e. The molecule has 0 spiro atoms. The minimum Gasteiger partial charge on any atom is -0.497 e. The Morgan fingerprint density at radius 3 is 2.65 bits per heavy atom. The van der Waals surface area contributed by atoms with Crippen LogP contribution in [0.1, 0.15) is 20.7 Å². The van der Waals surface area contributed by atoms with Crippen LogP contribution in [0.4, 0.5) is 13.2 Å². The summed E-state index contributed by atoms with van der Waals surface area (Å²) < 4.78 is 63.8. The van der Waals surface area contributed by atoms with Gasteiger partial charge in [-0.2, -0.15) is 13.2 Å². The predicted octanol–water partition coefficient (Wildman–Crippen LogP) is 2.74. The third-order valence-electron chi connectivity index (χ3n) is 4.80. The topological polar surface area (TPSA) is 96.4 Å². The number of rotatable bonds is 8. The lowest BCUT2D eigenvalue weighted by Crippen LogP contribution is -2.47. The minimum absolute atomic E-state index is 0.0472. The molecule has 0 N–H and O–H groups in total. The Morgan fingerprint density at radius 1 is 1.15 bits per heavy atom. The summed E-state index contributed by atoms with van der Waals surface area (Å²) in [6, 6.07) is 5.47. The number of benzene rings is 1. The molecule has 1 amide bonds. The zero-order chi connectivity index (χ0) is 24.7. The first-order chi connectivity index (χ1) is 16.2. The van der Waals surface area contributed by atoms with Crippen LogP contribution in [0.25, 0.3) is 0 Å². The number of aromatic nitrogens is 1. The molecule has 184 valence electrons. The molecular formula is C22H23F3N2O7. The van der Waals surface area contributed by atoms with Gasteiger partial charge >= 0.3 is 12.1 Å². The van der Waals surface area contributed by atoms with Crippen LogP contribution in [0, 0.1) is 0 Å². The molecule has 1 aliphatic heterocycles. The Balaban J connectivity index is 1.68. The summed E-state index contributed by atoms with van der Waals surface area (Å²) in [5, 5.41) is 0. The summed E-state index contributed by atoms with van der Waals surface area (Å²) in [6.45, 7) is -0.935. The highest BCUT2D eigenvalue weighted by molar-refractivity contribution is 5.97. The number of hydrogen-bond acceptors (Lipinski definition) is 8. The Morgan fingerprint density at radius 2 is 1.94 bits per heavy atom. The van der Waals surface area contributed by atoms with Crippen molar-refractivity contribution in [3.63, 3.8) is 0 Å². The van der Waals surface area contributed by atoms with Gasteiger partial charge in [0.05, 0.1) is 44.7 Å². The lowest BCUT2D eigenvalue weighted by molar-refractivity contribution is -0.153. The molecule has 3 rings (SSSR count). The molecule has 0 saturated carbocycles. The molecule has 2 heterocycles. The lowest BCUT2D eigenvalue weighted by Gasteiger charge is -2.33. The number of carbonyl (C=O) groups is 2. The molecule has 0 bridgehead atoms. The number of methoxy groups -OCH3 is 2. The van der Waals surface area contributed by atoms with E-state index in [0.717, 1.165) is 0 Å². The highest BCUT2D eigenvalue weighted by Crippen LogP contribution is 2.28. The smallest absolute Gasteiger partial charge is 0.422 e. The fourth-order valence-corrected chi connectivity index (χ4v) is 3.18. The van der Waals surface area contributed by atoms with Crippen LogP contribution in [0.3, 0.4) is 0 Å². The van der Waals surface area contributed by atoms with Gasteiger partial charge in [0.2, 0.25) is 0 Å². The van der Waals surface area contributed by atoms with E-state index in [1.807, 2.05) is 0 Å². The van der Waals surface area contributed by atoms with Gasteiger partial charge in [0.1, 0.15) is 30.0 Å². The van der Waals surface area contributed by atoms with Gasteiger partial charge in [0.15, 0.2) is 6.61 Å². The highest BCUT2D eigenvalue weighted by atomic mass is 19.4. The number of alkyl halides is 3. The summed E-state index contributed by atoms with van der Waals surface area (Å²) in [5.74, 6) is -0.684. The van der Waals surface area contributed by atoms with E-state index in [9.17, 15) is 22.8 Å². The molecule has 0 radical (unpaired) electrons. The second kappa shape index (κ2) is 11.1. The number of esters is 1. The molecule has 9 nitrogen and oxygen atoms in total. The summed E-state index contributed by atoms with van der Waals surface area (Å²) >= 11 is 0. The number of ether oxygens (including phenoxy) is 5. The zero-order valence-corrected chi connectivity index (χ0v) is 18.5. The molecular weight excluding hydrogens is 461 g/mol. The Hall–Kier alpha value is -3.54. The fourth-order valence-electron chi connectivity index (χ4n) is 3.18. The number of morpholine rings is 1. The molecule has 2 aromatic rings. The molecule has 1 unspecified atom stereocenters. The van der Waals surface area contributed by atoms with E-state index in [-0.39, 0.29) is 43.2 Å². The molecule has 1 aromatic carbocycles.